The van der Waals surface area contributed by atoms with Gasteiger partial charge in [0.15, 0.2) is 11.5 Å². The van der Waals surface area contributed by atoms with E-state index in [4.69, 9.17) is 18.7 Å². The normalized spacial score (nSPS) is 10.2. The molecule has 24 heavy (non-hydrogen) atoms. The lowest BCUT2D eigenvalue weighted by molar-refractivity contribution is 0.239. The first-order valence-corrected chi connectivity index (χ1v) is 7.27. The zero-order valence-corrected chi connectivity index (χ0v) is 14.0. The highest BCUT2D eigenvalue weighted by atomic mass is 16.5. The molecule has 0 bridgehead atoms. The molecule has 0 unspecified atom stereocenters. The molecule has 1 heterocycles. The maximum absolute atomic E-state index is 11.4. The molecule has 0 aliphatic carbocycles. The van der Waals surface area contributed by atoms with Crippen LogP contribution < -0.4 is 24.8 Å². The molecule has 1 aromatic carbocycles. The van der Waals surface area contributed by atoms with Gasteiger partial charge in [-0.05, 0) is 19.1 Å². The molecule has 0 saturated carbocycles. The van der Waals surface area contributed by atoms with Crippen LogP contribution >= 0.6 is 0 Å². The number of benzene rings is 1. The first kappa shape index (κ1) is 17.4. The Hall–Kier alpha value is -2.97. The molecule has 2 N–H and O–H groups in total. The van der Waals surface area contributed by atoms with Crippen LogP contribution in [0, 0.1) is 0 Å². The fourth-order valence-corrected chi connectivity index (χ4v) is 2.03. The van der Waals surface area contributed by atoms with E-state index in [9.17, 15) is 4.79 Å². The highest BCUT2D eigenvalue weighted by molar-refractivity contribution is 5.73. The molecule has 0 saturated heterocycles. The minimum absolute atomic E-state index is 0.128. The van der Waals surface area contributed by atoms with E-state index in [-0.39, 0.29) is 18.5 Å². The number of ether oxygens (including phenoxy) is 3. The van der Waals surface area contributed by atoms with Gasteiger partial charge >= 0.3 is 6.03 Å². The van der Waals surface area contributed by atoms with Crippen LogP contribution in [0.2, 0.25) is 0 Å². The van der Waals surface area contributed by atoms with Crippen molar-refractivity contribution in [3.63, 3.8) is 0 Å². The van der Waals surface area contributed by atoms with Crippen molar-refractivity contribution in [3.8, 4) is 28.6 Å². The van der Waals surface area contributed by atoms with E-state index >= 15 is 0 Å². The summed E-state index contributed by atoms with van der Waals surface area (Å²) in [5.74, 6) is 2.08. The maximum atomic E-state index is 11.4. The van der Waals surface area contributed by atoms with Gasteiger partial charge in [-0.2, -0.15) is 4.98 Å². The van der Waals surface area contributed by atoms with Crippen LogP contribution in [0.5, 0.6) is 17.2 Å². The first-order valence-electron chi connectivity index (χ1n) is 7.27. The Kier molecular flexibility index (Phi) is 5.83. The minimum Gasteiger partial charge on any atom is -0.493 e. The van der Waals surface area contributed by atoms with E-state index in [1.165, 1.54) is 21.3 Å². The number of nitrogens with zero attached hydrogens (tertiary/aromatic N) is 2. The molecule has 0 spiro atoms. The number of hydrogen-bond donors (Lipinski definition) is 2. The second-order valence-corrected chi connectivity index (χ2v) is 4.64. The lowest BCUT2D eigenvalue weighted by Gasteiger charge is -2.12. The summed E-state index contributed by atoms with van der Waals surface area (Å²) in [7, 11) is 4.58. The molecular formula is C15H20N4O5. The Morgan fingerprint density at radius 3 is 2.33 bits per heavy atom. The zero-order valence-electron chi connectivity index (χ0n) is 14.0. The highest BCUT2D eigenvalue weighted by Gasteiger charge is 2.17. The summed E-state index contributed by atoms with van der Waals surface area (Å²) in [6, 6.07) is 3.13. The Balaban J connectivity index is 2.21. The number of carbonyl (C=O) groups excluding carboxylic acids is 1. The predicted molar refractivity (Wildman–Crippen MR) is 85.3 cm³/mol. The average Bonchev–Trinajstić information content (AvgIpc) is 3.07. The Morgan fingerprint density at radius 2 is 1.79 bits per heavy atom. The molecule has 1 aromatic heterocycles. The van der Waals surface area contributed by atoms with Gasteiger partial charge in [-0.25, -0.2) is 4.79 Å². The molecule has 9 nitrogen and oxygen atoms in total. The second-order valence-electron chi connectivity index (χ2n) is 4.64. The lowest BCUT2D eigenvalue weighted by atomic mass is 10.1. The van der Waals surface area contributed by atoms with Crippen molar-refractivity contribution < 1.29 is 23.5 Å². The fourth-order valence-electron chi connectivity index (χ4n) is 2.03. The van der Waals surface area contributed by atoms with Crippen molar-refractivity contribution in [2.24, 2.45) is 0 Å². The van der Waals surface area contributed by atoms with Gasteiger partial charge < -0.3 is 29.4 Å². The summed E-state index contributed by atoms with van der Waals surface area (Å²) in [4.78, 5) is 15.6. The van der Waals surface area contributed by atoms with E-state index in [1.807, 2.05) is 6.92 Å². The van der Waals surface area contributed by atoms with Crippen LogP contribution in [0.3, 0.4) is 0 Å². The smallest absolute Gasteiger partial charge is 0.315 e. The third-order valence-corrected chi connectivity index (χ3v) is 3.13. The molecule has 0 aliphatic rings. The molecule has 0 aliphatic heterocycles. The van der Waals surface area contributed by atoms with E-state index < -0.39 is 0 Å². The van der Waals surface area contributed by atoms with Gasteiger partial charge in [0.2, 0.25) is 17.5 Å². The van der Waals surface area contributed by atoms with Crippen LogP contribution in [0.25, 0.3) is 11.4 Å². The molecule has 130 valence electrons. The number of urea groups is 1. The number of carbonyl (C=O) groups is 1. The Labute approximate surface area is 139 Å². The third kappa shape index (κ3) is 3.86. The Morgan fingerprint density at radius 1 is 1.12 bits per heavy atom. The summed E-state index contributed by atoms with van der Waals surface area (Å²) in [6.07, 6.45) is 0. The minimum atomic E-state index is -0.301. The standard InChI is InChI=1S/C15H20N4O5/c1-5-16-15(20)17-8-12-18-14(19-24-12)9-6-10(21-2)13(23-4)11(7-9)22-3/h6-7H,5,8H2,1-4H3,(H2,16,17,20). The van der Waals surface area contributed by atoms with Crippen molar-refractivity contribution in [1.29, 1.82) is 0 Å². The predicted octanol–water partition coefficient (Wildman–Crippen LogP) is 1.58. The third-order valence-electron chi connectivity index (χ3n) is 3.13. The number of rotatable bonds is 7. The van der Waals surface area contributed by atoms with Crippen LogP contribution in [-0.4, -0.2) is 44.0 Å². The Bertz CT molecular complexity index is 676. The van der Waals surface area contributed by atoms with Crippen LogP contribution in [0.1, 0.15) is 12.8 Å². The second kappa shape index (κ2) is 8.04. The quantitative estimate of drug-likeness (QED) is 0.790. The SMILES string of the molecule is CCNC(=O)NCc1nc(-c2cc(OC)c(OC)c(OC)c2)no1. The van der Waals surface area contributed by atoms with E-state index in [0.29, 0.717) is 35.2 Å². The van der Waals surface area contributed by atoms with Gasteiger partial charge in [-0.1, -0.05) is 5.16 Å². The van der Waals surface area contributed by atoms with Crippen molar-refractivity contribution in [2.45, 2.75) is 13.5 Å². The number of amides is 2. The summed E-state index contributed by atoms with van der Waals surface area (Å²) in [5, 5.41) is 9.13. The number of hydrogen-bond acceptors (Lipinski definition) is 7. The number of nitrogens with one attached hydrogen (secondary N) is 2. The van der Waals surface area contributed by atoms with Gasteiger partial charge in [0.05, 0.1) is 27.9 Å². The summed E-state index contributed by atoms with van der Waals surface area (Å²) < 4.78 is 21.0. The van der Waals surface area contributed by atoms with E-state index in [1.54, 1.807) is 12.1 Å². The van der Waals surface area contributed by atoms with Crippen LogP contribution in [0.15, 0.2) is 16.7 Å². The molecule has 9 heteroatoms. The molecule has 2 rings (SSSR count). The maximum Gasteiger partial charge on any atom is 0.315 e. The van der Waals surface area contributed by atoms with E-state index in [0.717, 1.165) is 0 Å². The van der Waals surface area contributed by atoms with E-state index in [2.05, 4.69) is 20.8 Å². The molecule has 0 atom stereocenters. The van der Waals surface area contributed by atoms with Crippen molar-refractivity contribution in [3.05, 3.63) is 18.0 Å². The van der Waals surface area contributed by atoms with Gasteiger partial charge in [-0.3, -0.25) is 0 Å². The lowest BCUT2D eigenvalue weighted by Crippen LogP contribution is -2.34. The molecule has 2 amide bonds. The van der Waals surface area contributed by atoms with Crippen molar-refractivity contribution in [2.75, 3.05) is 27.9 Å². The van der Waals surface area contributed by atoms with Gasteiger partial charge in [0.1, 0.15) is 0 Å². The van der Waals surface area contributed by atoms with Crippen LogP contribution in [-0.2, 0) is 6.54 Å². The highest BCUT2D eigenvalue weighted by Crippen LogP contribution is 2.40. The topological polar surface area (TPSA) is 108 Å². The zero-order chi connectivity index (χ0) is 17.5. The van der Waals surface area contributed by atoms with Crippen LogP contribution in [0.4, 0.5) is 4.79 Å². The molecular weight excluding hydrogens is 316 g/mol. The molecule has 0 radical (unpaired) electrons. The summed E-state index contributed by atoms with van der Waals surface area (Å²) >= 11 is 0. The van der Waals surface area contributed by atoms with Gasteiger partial charge in [-0.15, -0.1) is 0 Å². The fraction of sp³-hybridized carbons (Fsp3) is 0.400. The molecule has 2 aromatic rings. The van der Waals surface area contributed by atoms with Crippen molar-refractivity contribution in [1.82, 2.24) is 20.8 Å². The van der Waals surface area contributed by atoms with Crippen molar-refractivity contribution >= 4 is 6.03 Å². The van der Waals surface area contributed by atoms with Gasteiger partial charge in [0.25, 0.3) is 0 Å². The number of methoxy groups -OCH3 is 3. The largest absolute Gasteiger partial charge is 0.493 e. The monoisotopic (exact) mass is 336 g/mol. The number of aromatic nitrogens is 2. The van der Waals surface area contributed by atoms with Gasteiger partial charge in [0, 0.05) is 12.1 Å². The summed E-state index contributed by atoms with van der Waals surface area (Å²) in [6.45, 7) is 2.49. The average molecular weight is 336 g/mol. The molecule has 0 fully saturated rings. The summed E-state index contributed by atoms with van der Waals surface area (Å²) in [5.41, 5.74) is 0.637. The first-order chi connectivity index (χ1) is 11.6.